The Morgan fingerprint density at radius 2 is 1.94 bits per heavy atom. The number of thiocarbonyl (C=S) groups is 1. The van der Waals surface area contributed by atoms with E-state index in [0.29, 0.717) is 32.7 Å². The molecule has 0 bridgehead atoms. The number of hydrogen-bond donors (Lipinski definition) is 1. The van der Waals surface area contributed by atoms with E-state index < -0.39 is 15.9 Å². The largest absolute Gasteiger partial charge is 0.367 e. The summed E-state index contributed by atoms with van der Waals surface area (Å²) in [4.78, 5) is 33.0. The molecule has 1 N–H and O–H groups in total. The summed E-state index contributed by atoms with van der Waals surface area (Å²) in [6, 6.07) is 5.13. The van der Waals surface area contributed by atoms with Crippen molar-refractivity contribution in [3.8, 4) is 0 Å². The maximum absolute atomic E-state index is 13.4. The molecule has 1 unspecified atom stereocenters. The van der Waals surface area contributed by atoms with Gasteiger partial charge in [-0.25, -0.2) is 13.4 Å². The highest BCUT2D eigenvalue weighted by Crippen LogP contribution is 2.36. The second kappa shape index (κ2) is 8.84. The fourth-order valence-electron chi connectivity index (χ4n) is 4.69. The number of nitrogens with zero attached hydrogens (tertiary/aromatic N) is 3. The highest BCUT2D eigenvalue weighted by Gasteiger charge is 2.42. The standard InChI is InChI=1S/C22H24N4O4S3/c27-20-16(12-17-21(28)26(22(31)32-17)15-9-11-33(29,30)13-15)19(23-14-6-2-1-3-7-14)24-18-8-4-5-10-25(18)20/h4-5,8,10,12,14-15,23H,1-3,6-7,9,11,13H2/b17-12+. The summed E-state index contributed by atoms with van der Waals surface area (Å²) < 4.78 is 25.6. The zero-order valence-electron chi connectivity index (χ0n) is 17.9. The molecule has 3 fully saturated rings. The highest BCUT2D eigenvalue weighted by atomic mass is 32.2. The molecule has 174 valence electrons. The third-order valence-corrected chi connectivity index (χ3v) is 9.47. The molecule has 33 heavy (non-hydrogen) atoms. The quantitative estimate of drug-likeness (QED) is 0.501. The molecule has 2 aromatic rings. The summed E-state index contributed by atoms with van der Waals surface area (Å²) in [6.07, 6.45) is 9.06. The number of fused-ring (bicyclic) bond motifs is 1. The Bertz CT molecular complexity index is 1330. The summed E-state index contributed by atoms with van der Waals surface area (Å²) in [5.41, 5.74) is 0.568. The fraction of sp³-hybridized carbons (Fsp3) is 0.455. The zero-order valence-corrected chi connectivity index (χ0v) is 20.3. The summed E-state index contributed by atoms with van der Waals surface area (Å²) in [5, 5.41) is 3.44. The van der Waals surface area contributed by atoms with Gasteiger partial charge in [0.1, 0.15) is 15.8 Å². The molecule has 1 amide bonds. The highest BCUT2D eigenvalue weighted by molar-refractivity contribution is 8.26. The van der Waals surface area contributed by atoms with Gasteiger partial charge in [-0.15, -0.1) is 0 Å². The van der Waals surface area contributed by atoms with Gasteiger partial charge in [0.15, 0.2) is 9.84 Å². The first-order chi connectivity index (χ1) is 15.8. The SMILES string of the molecule is O=C1/C(=C\c2c(NC3CCCCC3)nc3ccccn3c2=O)SC(=S)N1C1CCS(=O)(=O)C1. The van der Waals surface area contributed by atoms with E-state index in [1.807, 2.05) is 6.07 Å². The van der Waals surface area contributed by atoms with Crippen LogP contribution in [0, 0.1) is 0 Å². The molecule has 5 rings (SSSR count). The fourth-order valence-corrected chi connectivity index (χ4v) is 7.77. The number of carbonyl (C=O) groups is 1. The average molecular weight is 505 g/mol. The number of rotatable bonds is 4. The Kier molecular flexibility index (Phi) is 6.04. The van der Waals surface area contributed by atoms with Gasteiger partial charge in [0.2, 0.25) is 0 Å². The molecular weight excluding hydrogens is 480 g/mol. The van der Waals surface area contributed by atoms with Crippen molar-refractivity contribution in [2.75, 3.05) is 16.8 Å². The molecule has 11 heteroatoms. The van der Waals surface area contributed by atoms with E-state index in [-0.39, 0.29) is 29.0 Å². The Morgan fingerprint density at radius 3 is 2.67 bits per heavy atom. The van der Waals surface area contributed by atoms with Crippen LogP contribution in [0.4, 0.5) is 5.82 Å². The number of hydrogen-bond acceptors (Lipinski definition) is 8. The molecule has 4 heterocycles. The maximum atomic E-state index is 13.4. The van der Waals surface area contributed by atoms with Crippen molar-refractivity contribution in [2.45, 2.75) is 50.6 Å². The average Bonchev–Trinajstić information content (AvgIpc) is 3.28. The molecule has 2 aromatic heterocycles. The van der Waals surface area contributed by atoms with E-state index >= 15 is 0 Å². The van der Waals surface area contributed by atoms with E-state index in [1.54, 1.807) is 24.4 Å². The van der Waals surface area contributed by atoms with E-state index in [1.165, 1.54) is 15.7 Å². The molecule has 2 saturated heterocycles. The Balaban J connectivity index is 1.54. The van der Waals surface area contributed by atoms with Crippen molar-refractivity contribution in [3.05, 3.63) is 45.2 Å². The van der Waals surface area contributed by atoms with Crippen molar-refractivity contribution in [1.82, 2.24) is 14.3 Å². The van der Waals surface area contributed by atoms with Gasteiger partial charge in [-0.1, -0.05) is 49.3 Å². The summed E-state index contributed by atoms with van der Waals surface area (Å²) in [6.45, 7) is 0. The predicted octanol–water partition coefficient (Wildman–Crippen LogP) is 2.83. The first kappa shape index (κ1) is 22.5. The van der Waals surface area contributed by atoms with E-state index in [2.05, 4.69) is 5.32 Å². The van der Waals surface area contributed by atoms with Gasteiger partial charge in [0.05, 0.1) is 28.0 Å². The van der Waals surface area contributed by atoms with Crippen LogP contribution in [0.1, 0.15) is 44.1 Å². The Labute approximate surface area is 201 Å². The molecule has 0 spiro atoms. The van der Waals surface area contributed by atoms with Gasteiger partial charge in [-0.3, -0.25) is 18.9 Å². The number of nitrogens with one attached hydrogen (secondary N) is 1. The molecule has 1 atom stereocenters. The van der Waals surface area contributed by atoms with Crippen LogP contribution in [-0.2, 0) is 14.6 Å². The lowest BCUT2D eigenvalue weighted by Gasteiger charge is -2.24. The van der Waals surface area contributed by atoms with Crippen LogP contribution in [0.5, 0.6) is 0 Å². The van der Waals surface area contributed by atoms with Crippen LogP contribution >= 0.6 is 24.0 Å². The number of thioether (sulfide) groups is 1. The van der Waals surface area contributed by atoms with E-state index in [9.17, 15) is 18.0 Å². The predicted molar refractivity (Wildman–Crippen MR) is 134 cm³/mol. The Hall–Kier alpha value is -2.24. The van der Waals surface area contributed by atoms with E-state index in [0.717, 1.165) is 37.4 Å². The van der Waals surface area contributed by atoms with Crippen LogP contribution in [-0.4, -0.2) is 56.5 Å². The van der Waals surface area contributed by atoms with Gasteiger partial charge >= 0.3 is 0 Å². The van der Waals surface area contributed by atoms with Crippen LogP contribution < -0.4 is 10.9 Å². The normalized spacial score (nSPS) is 24.8. The molecule has 0 radical (unpaired) electrons. The van der Waals surface area contributed by atoms with E-state index in [4.69, 9.17) is 17.2 Å². The summed E-state index contributed by atoms with van der Waals surface area (Å²) in [7, 11) is -3.17. The number of carbonyl (C=O) groups excluding carboxylic acids is 1. The molecule has 8 nitrogen and oxygen atoms in total. The number of sulfone groups is 1. The van der Waals surface area contributed by atoms with Crippen molar-refractivity contribution in [1.29, 1.82) is 0 Å². The number of anilines is 1. The van der Waals surface area contributed by atoms with Crippen LogP contribution in [0.3, 0.4) is 0 Å². The van der Waals surface area contributed by atoms with Crippen LogP contribution in [0.15, 0.2) is 34.1 Å². The lowest BCUT2D eigenvalue weighted by molar-refractivity contribution is -0.123. The second-order valence-electron chi connectivity index (χ2n) is 8.70. The van der Waals surface area contributed by atoms with Crippen molar-refractivity contribution in [3.63, 3.8) is 0 Å². The van der Waals surface area contributed by atoms with Crippen molar-refractivity contribution in [2.24, 2.45) is 0 Å². The third-order valence-electron chi connectivity index (χ3n) is 6.39. The first-order valence-electron chi connectivity index (χ1n) is 11.1. The minimum Gasteiger partial charge on any atom is -0.367 e. The minimum absolute atomic E-state index is 0.0547. The van der Waals surface area contributed by atoms with Gasteiger partial charge < -0.3 is 5.32 Å². The summed E-state index contributed by atoms with van der Waals surface area (Å²) in [5.74, 6) is 0.0840. The van der Waals surface area contributed by atoms with Crippen LogP contribution in [0.25, 0.3) is 11.7 Å². The zero-order chi connectivity index (χ0) is 23.2. The van der Waals surface area contributed by atoms with Crippen molar-refractivity contribution < 1.29 is 13.2 Å². The minimum atomic E-state index is -3.17. The number of amides is 1. The topological polar surface area (TPSA) is 101 Å². The first-order valence-corrected chi connectivity index (χ1v) is 14.1. The van der Waals surface area contributed by atoms with Gasteiger partial charge in [0.25, 0.3) is 11.5 Å². The monoisotopic (exact) mass is 504 g/mol. The Morgan fingerprint density at radius 1 is 1.15 bits per heavy atom. The molecule has 1 saturated carbocycles. The lowest BCUT2D eigenvalue weighted by atomic mass is 9.95. The molecule has 3 aliphatic rings. The molecule has 1 aliphatic carbocycles. The number of aromatic nitrogens is 2. The third kappa shape index (κ3) is 4.45. The molecular formula is C22H24N4O4S3. The second-order valence-corrected chi connectivity index (χ2v) is 12.6. The lowest BCUT2D eigenvalue weighted by Crippen LogP contribution is -2.39. The summed E-state index contributed by atoms with van der Waals surface area (Å²) >= 11 is 6.52. The molecule has 0 aromatic carbocycles. The van der Waals surface area contributed by atoms with Crippen LogP contribution in [0.2, 0.25) is 0 Å². The maximum Gasteiger partial charge on any atom is 0.267 e. The van der Waals surface area contributed by atoms with Gasteiger partial charge in [-0.2, -0.15) is 0 Å². The smallest absolute Gasteiger partial charge is 0.267 e. The molecule has 2 aliphatic heterocycles. The van der Waals surface area contributed by atoms with Gasteiger partial charge in [0, 0.05) is 12.2 Å². The number of pyridine rings is 1. The van der Waals surface area contributed by atoms with Crippen molar-refractivity contribution >= 4 is 61.6 Å². The van der Waals surface area contributed by atoms with Gasteiger partial charge in [-0.05, 0) is 37.5 Å².